The first-order valence-electron chi connectivity index (χ1n) is 5.77. The van der Waals surface area contributed by atoms with Crippen molar-refractivity contribution in [1.82, 2.24) is 9.80 Å². The average Bonchev–Trinajstić information content (AvgIpc) is 2.52. The number of rotatable bonds is 6. The number of likely N-dealkylation sites (tertiary alicyclic amines) is 1. The highest BCUT2D eigenvalue weighted by atomic mass is 16.3. The van der Waals surface area contributed by atoms with Crippen molar-refractivity contribution in [3.05, 3.63) is 0 Å². The summed E-state index contributed by atoms with van der Waals surface area (Å²) >= 11 is 0. The van der Waals surface area contributed by atoms with Crippen LogP contribution in [0, 0.1) is 0 Å². The normalized spacial score (nSPS) is 21.2. The maximum atomic E-state index is 11.8. The van der Waals surface area contributed by atoms with E-state index in [1.54, 1.807) is 0 Å². The highest BCUT2D eigenvalue weighted by Gasteiger charge is 2.39. The lowest BCUT2D eigenvalue weighted by Gasteiger charge is -2.25. The first-order valence-corrected chi connectivity index (χ1v) is 5.77. The molecule has 0 aliphatic carbocycles. The van der Waals surface area contributed by atoms with Gasteiger partial charge in [0.1, 0.15) is 0 Å². The zero-order chi connectivity index (χ0) is 12.1. The van der Waals surface area contributed by atoms with Crippen LogP contribution in [0.4, 0.5) is 0 Å². The molecule has 1 aliphatic heterocycles. The Morgan fingerprint density at radius 2 is 2.12 bits per heavy atom. The predicted octanol–water partition coefficient (Wildman–Crippen LogP) is -0.162. The number of likely N-dealkylation sites (N-methyl/N-ethyl adjacent to an activating group) is 1. The summed E-state index contributed by atoms with van der Waals surface area (Å²) in [5.41, 5.74) is 0. The van der Waals surface area contributed by atoms with Crippen molar-refractivity contribution >= 4 is 11.8 Å². The minimum absolute atomic E-state index is 0.0192. The van der Waals surface area contributed by atoms with Crippen LogP contribution in [-0.4, -0.2) is 59.5 Å². The minimum atomic E-state index is -0.365. The van der Waals surface area contributed by atoms with Gasteiger partial charge < -0.3 is 5.11 Å². The second kappa shape index (κ2) is 5.96. The Kier molecular flexibility index (Phi) is 4.89. The number of aliphatic hydroxyl groups is 1. The maximum Gasteiger partial charge on any atom is 0.246 e. The highest BCUT2D eigenvalue weighted by Crippen LogP contribution is 2.17. The number of hydrogen-bond acceptors (Lipinski definition) is 4. The van der Waals surface area contributed by atoms with Gasteiger partial charge in [0, 0.05) is 13.6 Å². The molecule has 1 heterocycles. The van der Waals surface area contributed by atoms with E-state index in [1.807, 2.05) is 4.90 Å². The molecule has 1 N–H and O–H groups in total. The Balaban J connectivity index is 2.63. The number of carbonyl (C=O) groups is 2. The second-order valence-electron chi connectivity index (χ2n) is 4.12. The van der Waals surface area contributed by atoms with Gasteiger partial charge in [-0.2, -0.15) is 0 Å². The van der Waals surface area contributed by atoms with Crippen molar-refractivity contribution < 1.29 is 14.7 Å². The summed E-state index contributed by atoms with van der Waals surface area (Å²) in [6.07, 6.45) is 2.26. The van der Waals surface area contributed by atoms with Crippen LogP contribution in [-0.2, 0) is 9.59 Å². The maximum absolute atomic E-state index is 11.8. The third-order valence-electron chi connectivity index (χ3n) is 2.98. The topological polar surface area (TPSA) is 60.9 Å². The van der Waals surface area contributed by atoms with Crippen LogP contribution in [0.5, 0.6) is 0 Å². The van der Waals surface area contributed by atoms with Crippen LogP contribution < -0.4 is 0 Å². The molecule has 0 aromatic carbocycles. The molecule has 1 saturated heterocycles. The molecule has 0 saturated carbocycles. The molecular weight excluding hydrogens is 208 g/mol. The first-order chi connectivity index (χ1) is 7.61. The monoisotopic (exact) mass is 228 g/mol. The molecule has 1 rings (SSSR count). The Labute approximate surface area is 96.0 Å². The summed E-state index contributed by atoms with van der Waals surface area (Å²) in [6, 6.07) is -0.365. The number of amides is 2. The van der Waals surface area contributed by atoms with E-state index >= 15 is 0 Å². The van der Waals surface area contributed by atoms with Gasteiger partial charge in [0.05, 0.1) is 19.1 Å². The fourth-order valence-electron chi connectivity index (χ4n) is 1.93. The SMILES string of the molecule is CCCCN(CCO)C1CC(=O)N(C)C1=O. The Morgan fingerprint density at radius 1 is 1.44 bits per heavy atom. The van der Waals surface area contributed by atoms with Crippen LogP contribution >= 0.6 is 0 Å². The number of unbranched alkanes of at least 4 members (excludes halogenated alkanes) is 1. The number of imide groups is 1. The average molecular weight is 228 g/mol. The Morgan fingerprint density at radius 3 is 2.56 bits per heavy atom. The molecule has 1 atom stereocenters. The quantitative estimate of drug-likeness (QED) is 0.642. The lowest BCUT2D eigenvalue weighted by molar-refractivity contribution is -0.138. The van der Waals surface area contributed by atoms with Gasteiger partial charge in [-0.05, 0) is 13.0 Å². The van der Waals surface area contributed by atoms with Crippen molar-refractivity contribution in [1.29, 1.82) is 0 Å². The van der Waals surface area contributed by atoms with Crippen LogP contribution in [0.25, 0.3) is 0 Å². The van der Waals surface area contributed by atoms with E-state index in [0.29, 0.717) is 6.54 Å². The molecule has 0 radical (unpaired) electrons. The fraction of sp³-hybridized carbons (Fsp3) is 0.818. The molecule has 0 bridgehead atoms. The second-order valence-corrected chi connectivity index (χ2v) is 4.12. The van der Waals surface area contributed by atoms with Crippen LogP contribution in [0.3, 0.4) is 0 Å². The summed E-state index contributed by atoms with van der Waals surface area (Å²) in [4.78, 5) is 26.3. The number of hydrogen-bond donors (Lipinski definition) is 1. The largest absolute Gasteiger partial charge is 0.395 e. The van der Waals surface area contributed by atoms with Crippen LogP contribution in [0.1, 0.15) is 26.2 Å². The summed E-state index contributed by atoms with van der Waals surface area (Å²) in [5.74, 6) is -0.274. The molecule has 1 unspecified atom stereocenters. The van der Waals surface area contributed by atoms with Gasteiger partial charge in [-0.1, -0.05) is 13.3 Å². The number of aliphatic hydroxyl groups excluding tert-OH is 1. The van der Waals surface area contributed by atoms with Crippen molar-refractivity contribution in [3.63, 3.8) is 0 Å². The van der Waals surface area contributed by atoms with Gasteiger partial charge in [-0.3, -0.25) is 19.4 Å². The van der Waals surface area contributed by atoms with Gasteiger partial charge in [-0.25, -0.2) is 0 Å². The van der Waals surface area contributed by atoms with E-state index in [9.17, 15) is 9.59 Å². The van der Waals surface area contributed by atoms with Gasteiger partial charge >= 0.3 is 0 Å². The van der Waals surface area contributed by atoms with E-state index in [2.05, 4.69) is 6.92 Å². The van der Waals surface area contributed by atoms with E-state index in [1.165, 1.54) is 11.9 Å². The van der Waals surface area contributed by atoms with Gasteiger partial charge in [0.15, 0.2) is 0 Å². The number of nitrogens with zero attached hydrogens (tertiary/aromatic N) is 2. The molecule has 2 amide bonds. The van der Waals surface area contributed by atoms with Crippen molar-refractivity contribution in [2.45, 2.75) is 32.2 Å². The van der Waals surface area contributed by atoms with E-state index < -0.39 is 0 Å². The van der Waals surface area contributed by atoms with Crippen molar-refractivity contribution in [2.75, 3.05) is 26.7 Å². The third kappa shape index (κ3) is 2.80. The molecule has 92 valence electrons. The van der Waals surface area contributed by atoms with Gasteiger partial charge in [-0.15, -0.1) is 0 Å². The van der Waals surface area contributed by atoms with Crippen molar-refractivity contribution in [3.8, 4) is 0 Å². The highest BCUT2D eigenvalue weighted by molar-refractivity contribution is 6.05. The molecule has 1 aliphatic rings. The van der Waals surface area contributed by atoms with E-state index in [-0.39, 0.29) is 30.9 Å². The smallest absolute Gasteiger partial charge is 0.246 e. The molecule has 0 spiro atoms. The van der Waals surface area contributed by atoms with Crippen LogP contribution in [0.15, 0.2) is 0 Å². The zero-order valence-electron chi connectivity index (χ0n) is 9.98. The Hall–Kier alpha value is -0.940. The minimum Gasteiger partial charge on any atom is -0.395 e. The van der Waals surface area contributed by atoms with Gasteiger partial charge in [0.2, 0.25) is 11.8 Å². The summed E-state index contributed by atoms with van der Waals surface area (Å²) in [6.45, 7) is 3.31. The molecule has 16 heavy (non-hydrogen) atoms. The molecular formula is C11H20N2O3. The lowest BCUT2D eigenvalue weighted by Crippen LogP contribution is -2.43. The first kappa shape index (κ1) is 13.1. The van der Waals surface area contributed by atoms with Crippen LogP contribution in [0.2, 0.25) is 0 Å². The summed E-state index contributed by atoms with van der Waals surface area (Å²) < 4.78 is 0. The predicted molar refractivity (Wildman–Crippen MR) is 59.7 cm³/mol. The molecule has 0 aromatic heterocycles. The summed E-state index contributed by atoms with van der Waals surface area (Å²) in [5, 5.41) is 8.96. The fourth-order valence-corrected chi connectivity index (χ4v) is 1.93. The van der Waals surface area contributed by atoms with Gasteiger partial charge in [0.25, 0.3) is 0 Å². The zero-order valence-corrected chi connectivity index (χ0v) is 9.98. The number of carbonyl (C=O) groups excluding carboxylic acids is 2. The molecule has 5 nitrogen and oxygen atoms in total. The molecule has 0 aromatic rings. The Bertz CT molecular complexity index is 268. The standard InChI is InChI=1S/C11H20N2O3/c1-3-4-5-13(6-7-14)9-8-10(15)12(2)11(9)16/h9,14H,3-8H2,1-2H3. The molecule has 1 fully saturated rings. The summed E-state index contributed by atoms with van der Waals surface area (Å²) in [7, 11) is 1.52. The molecule has 5 heteroatoms. The van der Waals surface area contributed by atoms with E-state index in [0.717, 1.165) is 19.4 Å². The lowest BCUT2D eigenvalue weighted by atomic mass is 10.2. The van der Waals surface area contributed by atoms with E-state index in [4.69, 9.17) is 5.11 Å². The van der Waals surface area contributed by atoms with Crippen molar-refractivity contribution in [2.24, 2.45) is 0 Å². The third-order valence-corrected chi connectivity index (χ3v) is 2.98.